The van der Waals surface area contributed by atoms with Gasteiger partial charge in [0.2, 0.25) is 5.91 Å². The second kappa shape index (κ2) is 8.09. The minimum Gasteiger partial charge on any atom is -0.339 e. The fourth-order valence-electron chi connectivity index (χ4n) is 2.77. The molecular formula is C17H22N2OS. The summed E-state index contributed by atoms with van der Waals surface area (Å²) in [4.78, 5) is 14.4. The largest absolute Gasteiger partial charge is 0.339 e. The highest BCUT2D eigenvalue weighted by atomic mass is 32.2. The van der Waals surface area contributed by atoms with Crippen LogP contribution in [0.25, 0.3) is 0 Å². The van der Waals surface area contributed by atoms with Crippen molar-refractivity contribution in [2.75, 3.05) is 12.3 Å². The molecule has 0 aliphatic carbocycles. The van der Waals surface area contributed by atoms with Crippen LogP contribution in [0.3, 0.4) is 0 Å². The lowest BCUT2D eigenvalue weighted by atomic mass is 10.0. The van der Waals surface area contributed by atoms with Gasteiger partial charge in [-0.2, -0.15) is 5.26 Å². The Hall–Kier alpha value is -1.47. The first-order valence-corrected chi connectivity index (χ1v) is 8.76. The molecule has 1 unspecified atom stereocenters. The zero-order valence-electron chi connectivity index (χ0n) is 12.5. The number of nitrogens with zero attached hydrogens (tertiary/aromatic N) is 2. The van der Waals surface area contributed by atoms with E-state index in [9.17, 15) is 4.79 Å². The van der Waals surface area contributed by atoms with Gasteiger partial charge in [-0.3, -0.25) is 4.79 Å². The number of benzene rings is 1. The number of thioether (sulfide) groups is 1. The van der Waals surface area contributed by atoms with E-state index in [1.165, 1.54) is 6.42 Å². The molecular weight excluding hydrogens is 280 g/mol. The summed E-state index contributed by atoms with van der Waals surface area (Å²) in [6.45, 7) is 3.09. The third-order valence-electron chi connectivity index (χ3n) is 4.00. The molecule has 0 radical (unpaired) electrons. The highest BCUT2D eigenvalue weighted by Crippen LogP contribution is 2.21. The van der Waals surface area contributed by atoms with Crippen molar-refractivity contribution in [3.63, 3.8) is 0 Å². The molecule has 0 bridgehead atoms. The van der Waals surface area contributed by atoms with Crippen LogP contribution in [-0.4, -0.2) is 29.1 Å². The molecule has 0 spiro atoms. The van der Waals surface area contributed by atoms with Crippen LogP contribution in [0.4, 0.5) is 0 Å². The molecule has 0 aromatic heterocycles. The van der Waals surface area contributed by atoms with Crippen LogP contribution < -0.4 is 0 Å². The Balaban J connectivity index is 1.79. The van der Waals surface area contributed by atoms with Crippen molar-refractivity contribution >= 4 is 17.7 Å². The Labute approximate surface area is 131 Å². The van der Waals surface area contributed by atoms with Gasteiger partial charge in [0.15, 0.2) is 0 Å². The second-order valence-electron chi connectivity index (χ2n) is 5.45. The van der Waals surface area contributed by atoms with Gasteiger partial charge in [0.25, 0.3) is 0 Å². The predicted octanol–water partition coefficient (Wildman–Crippen LogP) is 3.58. The number of hydrogen-bond donors (Lipinski definition) is 0. The zero-order chi connectivity index (χ0) is 15.1. The topological polar surface area (TPSA) is 44.1 Å². The quantitative estimate of drug-likeness (QED) is 0.835. The molecule has 0 saturated carbocycles. The lowest BCUT2D eigenvalue weighted by molar-refractivity contribution is -0.132. The van der Waals surface area contributed by atoms with E-state index in [4.69, 9.17) is 5.26 Å². The maximum atomic E-state index is 12.3. The van der Waals surface area contributed by atoms with Crippen molar-refractivity contribution in [2.24, 2.45) is 0 Å². The molecule has 1 saturated heterocycles. The molecule has 1 amide bonds. The van der Waals surface area contributed by atoms with Crippen LogP contribution in [0, 0.1) is 11.3 Å². The van der Waals surface area contributed by atoms with E-state index in [0.717, 1.165) is 37.1 Å². The molecule has 1 atom stereocenters. The number of carbonyl (C=O) groups excluding carboxylic acids is 1. The number of nitriles is 1. The summed E-state index contributed by atoms with van der Waals surface area (Å²) < 4.78 is 0. The first-order valence-electron chi connectivity index (χ1n) is 7.61. The van der Waals surface area contributed by atoms with Crippen LogP contribution in [-0.2, 0) is 10.5 Å². The van der Waals surface area contributed by atoms with Crippen LogP contribution in [0.2, 0.25) is 0 Å². The maximum absolute atomic E-state index is 12.3. The maximum Gasteiger partial charge on any atom is 0.232 e. The number of rotatable bonds is 5. The molecule has 1 aromatic rings. The zero-order valence-corrected chi connectivity index (χ0v) is 13.4. The van der Waals surface area contributed by atoms with Crippen molar-refractivity contribution in [1.29, 1.82) is 5.26 Å². The first kappa shape index (κ1) is 15.9. The predicted molar refractivity (Wildman–Crippen MR) is 87.0 cm³/mol. The minimum absolute atomic E-state index is 0.278. The van der Waals surface area contributed by atoms with Crippen molar-refractivity contribution in [2.45, 2.75) is 44.4 Å². The Kier molecular flexibility index (Phi) is 6.13. The van der Waals surface area contributed by atoms with Gasteiger partial charge in [-0.05, 0) is 43.4 Å². The Morgan fingerprint density at radius 1 is 1.38 bits per heavy atom. The standard InChI is InChI=1S/C17H22N2OS/c1-2-16-5-3-4-10-19(16)17(20)13-21-12-15-8-6-14(11-18)7-9-15/h6-9,16H,2-5,10,12-13H2,1H3. The van der Waals surface area contributed by atoms with E-state index in [2.05, 4.69) is 17.9 Å². The van der Waals surface area contributed by atoms with Gasteiger partial charge in [0, 0.05) is 18.3 Å². The molecule has 1 heterocycles. The summed E-state index contributed by atoms with van der Waals surface area (Å²) in [6.07, 6.45) is 4.61. The van der Waals surface area contributed by atoms with Crippen molar-refractivity contribution in [3.8, 4) is 6.07 Å². The smallest absolute Gasteiger partial charge is 0.232 e. The van der Waals surface area contributed by atoms with E-state index in [-0.39, 0.29) is 5.91 Å². The van der Waals surface area contributed by atoms with Gasteiger partial charge < -0.3 is 4.90 Å². The number of amides is 1. The summed E-state index contributed by atoms with van der Waals surface area (Å²) >= 11 is 1.66. The molecule has 1 aliphatic heterocycles. The third-order valence-corrected chi connectivity index (χ3v) is 4.98. The highest BCUT2D eigenvalue weighted by Gasteiger charge is 2.24. The van der Waals surface area contributed by atoms with E-state index >= 15 is 0 Å². The van der Waals surface area contributed by atoms with Gasteiger partial charge in [-0.1, -0.05) is 19.1 Å². The highest BCUT2D eigenvalue weighted by molar-refractivity contribution is 7.99. The first-order chi connectivity index (χ1) is 10.2. The van der Waals surface area contributed by atoms with Gasteiger partial charge in [-0.25, -0.2) is 0 Å². The SMILES string of the molecule is CCC1CCCCN1C(=O)CSCc1ccc(C#N)cc1. The molecule has 21 heavy (non-hydrogen) atoms. The Morgan fingerprint density at radius 2 is 2.14 bits per heavy atom. The molecule has 3 nitrogen and oxygen atoms in total. The van der Waals surface area contributed by atoms with Crippen molar-refractivity contribution < 1.29 is 4.79 Å². The van der Waals surface area contributed by atoms with Crippen LogP contribution in [0.5, 0.6) is 0 Å². The number of likely N-dealkylation sites (tertiary alicyclic amines) is 1. The monoisotopic (exact) mass is 302 g/mol. The normalized spacial score (nSPS) is 18.3. The molecule has 1 aliphatic rings. The van der Waals surface area contributed by atoms with Crippen LogP contribution in [0.1, 0.15) is 43.7 Å². The number of carbonyl (C=O) groups is 1. The second-order valence-corrected chi connectivity index (χ2v) is 6.43. The fourth-order valence-corrected chi connectivity index (χ4v) is 3.64. The lowest BCUT2D eigenvalue weighted by Crippen LogP contribution is -2.44. The molecule has 1 aromatic carbocycles. The fraction of sp³-hybridized carbons (Fsp3) is 0.529. The summed E-state index contributed by atoms with van der Waals surface area (Å²) in [5, 5.41) is 8.76. The van der Waals surface area contributed by atoms with Crippen LogP contribution in [0.15, 0.2) is 24.3 Å². The summed E-state index contributed by atoms with van der Waals surface area (Å²) in [5.74, 6) is 1.65. The van der Waals surface area contributed by atoms with Gasteiger partial charge >= 0.3 is 0 Å². The van der Waals surface area contributed by atoms with E-state index in [1.54, 1.807) is 11.8 Å². The number of hydrogen-bond acceptors (Lipinski definition) is 3. The molecule has 112 valence electrons. The molecule has 2 rings (SSSR count). The summed E-state index contributed by atoms with van der Waals surface area (Å²) in [7, 11) is 0. The Bertz CT molecular complexity index is 507. The average Bonchev–Trinajstić information content (AvgIpc) is 2.55. The van der Waals surface area contributed by atoms with Crippen molar-refractivity contribution in [1.82, 2.24) is 4.90 Å². The summed E-state index contributed by atoms with van der Waals surface area (Å²) in [5.41, 5.74) is 1.84. The number of piperidine rings is 1. The van der Waals surface area contributed by atoms with E-state index in [1.807, 2.05) is 24.3 Å². The van der Waals surface area contributed by atoms with Crippen LogP contribution >= 0.6 is 11.8 Å². The average molecular weight is 302 g/mol. The molecule has 0 N–H and O–H groups in total. The Morgan fingerprint density at radius 3 is 2.81 bits per heavy atom. The van der Waals surface area contributed by atoms with Crippen molar-refractivity contribution in [3.05, 3.63) is 35.4 Å². The van der Waals surface area contributed by atoms with Gasteiger partial charge in [0.1, 0.15) is 0 Å². The molecule has 4 heteroatoms. The van der Waals surface area contributed by atoms with E-state index in [0.29, 0.717) is 17.4 Å². The summed E-state index contributed by atoms with van der Waals surface area (Å²) in [6, 6.07) is 10.1. The lowest BCUT2D eigenvalue weighted by Gasteiger charge is -2.35. The van der Waals surface area contributed by atoms with Gasteiger partial charge in [0.05, 0.1) is 17.4 Å². The third kappa shape index (κ3) is 4.50. The van der Waals surface area contributed by atoms with E-state index < -0.39 is 0 Å². The molecule has 1 fully saturated rings. The minimum atomic E-state index is 0.278. The van der Waals surface area contributed by atoms with Gasteiger partial charge in [-0.15, -0.1) is 11.8 Å².